The van der Waals surface area contributed by atoms with Gasteiger partial charge in [-0.1, -0.05) is 38.3 Å². The molecule has 0 aromatic heterocycles. The van der Waals surface area contributed by atoms with Crippen molar-refractivity contribution in [2.45, 2.75) is 20.3 Å². The molecule has 2 heterocycles. The topological polar surface area (TPSA) is 47.1 Å². The van der Waals surface area contributed by atoms with Crippen molar-refractivity contribution >= 4 is 46.2 Å². The largest absolute Gasteiger partial charge is 0.279 e. The molecule has 0 radical (unpaired) electrons. The standard InChI is InChI=1S/C13H20N4O2S2/c1-8-6-16(14(3)12(8)20)10(18)5-11(19)17-7-9(2)13(21)15(17)4/h8-9H,5-7H2,1-4H3. The predicted molar refractivity (Wildman–Crippen MR) is 87.1 cm³/mol. The van der Waals surface area contributed by atoms with Gasteiger partial charge in [-0.2, -0.15) is 0 Å². The van der Waals surface area contributed by atoms with Crippen LogP contribution in [0.5, 0.6) is 0 Å². The highest BCUT2D eigenvalue weighted by Gasteiger charge is 2.37. The average Bonchev–Trinajstić information content (AvgIpc) is 2.84. The summed E-state index contributed by atoms with van der Waals surface area (Å²) in [6.07, 6.45) is -0.167. The molecule has 116 valence electrons. The first-order valence-electron chi connectivity index (χ1n) is 6.89. The number of hydrogen-bond acceptors (Lipinski definition) is 4. The summed E-state index contributed by atoms with van der Waals surface area (Å²) in [4.78, 5) is 26.1. The normalized spacial score (nSPS) is 26.1. The van der Waals surface area contributed by atoms with Gasteiger partial charge in [-0.25, -0.2) is 0 Å². The van der Waals surface area contributed by atoms with Crippen LogP contribution in [0.15, 0.2) is 0 Å². The Labute approximate surface area is 135 Å². The summed E-state index contributed by atoms with van der Waals surface area (Å²) in [5.74, 6) is -0.168. The van der Waals surface area contributed by atoms with Crippen molar-refractivity contribution in [3.63, 3.8) is 0 Å². The van der Waals surface area contributed by atoms with Crippen molar-refractivity contribution in [2.24, 2.45) is 11.8 Å². The highest BCUT2D eigenvalue weighted by molar-refractivity contribution is 7.80. The predicted octanol–water partition coefficient (Wildman–Crippen LogP) is 0.681. The number of hydrazine groups is 2. The molecule has 2 rings (SSSR count). The van der Waals surface area contributed by atoms with Crippen LogP contribution < -0.4 is 0 Å². The minimum Gasteiger partial charge on any atom is -0.279 e. The van der Waals surface area contributed by atoms with Crippen LogP contribution in [0.25, 0.3) is 0 Å². The Kier molecular flexibility index (Phi) is 4.48. The molecule has 6 nitrogen and oxygen atoms in total. The third-order valence-corrected chi connectivity index (χ3v) is 5.31. The van der Waals surface area contributed by atoms with E-state index in [4.69, 9.17) is 24.4 Å². The number of carbonyl (C=O) groups is 2. The van der Waals surface area contributed by atoms with E-state index in [0.29, 0.717) is 13.1 Å². The number of carbonyl (C=O) groups excluding carboxylic acids is 2. The van der Waals surface area contributed by atoms with Gasteiger partial charge in [0.25, 0.3) is 11.8 Å². The summed E-state index contributed by atoms with van der Waals surface area (Å²) in [5, 5.41) is 6.42. The van der Waals surface area contributed by atoms with Gasteiger partial charge in [-0.15, -0.1) is 0 Å². The molecule has 0 aromatic rings. The molecule has 0 aromatic carbocycles. The Hall–Kier alpha value is -1.28. The zero-order chi connectivity index (χ0) is 15.9. The zero-order valence-electron chi connectivity index (χ0n) is 12.7. The maximum Gasteiger partial charge on any atom is 0.250 e. The minimum absolute atomic E-state index is 0.145. The van der Waals surface area contributed by atoms with Crippen LogP contribution in [0.4, 0.5) is 0 Å². The first-order chi connectivity index (χ1) is 9.73. The van der Waals surface area contributed by atoms with E-state index in [0.717, 1.165) is 9.98 Å². The average molecular weight is 328 g/mol. The molecule has 2 fully saturated rings. The summed E-state index contributed by atoms with van der Waals surface area (Å²) in [6.45, 7) is 5.02. The van der Waals surface area contributed by atoms with E-state index in [1.54, 1.807) is 34.1 Å². The Morgan fingerprint density at radius 3 is 1.52 bits per heavy atom. The second kappa shape index (κ2) is 5.84. The number of hydrogen-bond donors (Lipinski definition) is 0. The summed E-state index contributed by atoms with van der Waals surface area (Å²) < 4.78 is 0. The lowest BCUT2D eigenvalue weighted by Crippen LogP contribution is -2.45. The Morgan fingerprint density at radius 1 is 0.952 bits per heavy atom. The first-order valence-corrected chi connectivity index (χ1v) is 7.71. The van der Waals surface area contributed by atoms with Crippen LogP contribution >= 0.6 is 24.4 Å². The molecule has 0 N–H and O–H groups in total. The number of rotatable bonds is 2. The van der Waals surface area contributed by atoms with Crippen LogP contribution in [0.3, 0.4) is 0 Å². The fourth-order valence-corrected chi connectivity index (χ4v) is 2.99. The van der Waals surface area contributed by atoms with E-state index in [1.807, 2.05) is 13.8 Å². The lowest BCUT2D eigenvalue weighted by Gasteiger charge is -2.28. The summed E-state index contributed by atoms with van der Waals surface area (Å²) in [6, 6.07) is 0. The smallest absolute Gasteiger partial charge is 0.250 e. The Balaban J connectivity index is 1.99. The van der Waals surface area contributed by atoms with E-state index in [1.165, 1.54) is 0 Å². The molecule has 0 saturated carbocycles. The molecule has 21 heavy (non-hydrogen) atoms. The second-order valence-electron chi connectivity index (χ2n) is 5.65. The molecule has 0 aliphatic carbocycles. The zero-order valence-corrected chi connectivity index (χ0v) is 14.3. The molecular weight excluding hydrogens is 308 g/mol. The van der Waals surface area contributed by atoms with Crippen LogP contribution in [0.1, 0.15) is 20.3 Å². The number of thiocarbonyl (C=S) groups is 2. The molecule has 8 heteroatoms. The van der Waals surface area contributed by atoms with Gasteiger partial charge in [0.15, 0.2) is 0 Å². The monoisotopic (exact) mass is 328 g/mol. The van der Waals surface area contributed by atoms with Gasteiger partial charge in [0.1, 0.15) is 16.4 Å². The van der Waals surface area contributed by atoms with Gasteiger partial charge >= 0.3 is 0 Å². The molecule has 2 aliphatic heterocycles. The van der Waals surface area contributed by atoms with E-state index in [-0.39, 0.29) is 30.1 Å². The fourth-order valence-electron chi connectivity index (χ4n) is 2.65. The SMILES string of the molecule is CC1CN(C(=O)CC(=O)N2CC(C)C(=S)N2C)N(C)C1=S. The third-order valence-electron chi connectivity index (χ3n) is 3.98. The van der Waals surface area contributed by atoms with Crippen LogP contribution in [-0.2, 0) is 9.59 Å². The quantitative estimate of drug-likeness (QED) is 0.549. The lowest BCUT2D eigenvalue weighted by molar-refractivity contribution is -0.149. The molecule has 0 bridgehead atoms. The van der Waals surface area contributed by atoms with Crippen molar-refractivity contribution in [1.82, 2.24) is 20.0 Å². The van der Waals surface area contributed by atoms with Crippen LogP contribution in [0, 0.1) is 11.8 Å². The maximum atomic E-state index is 12.3. The molecule has 2 unspecified atom stereocenters. The fraction of sp³-hybridized carbons (Fsp3) is 0.692. The maximum absolute atomic E-state index is 12.3. The molecule has 2 saturated heterocycles. The van der Waals surface area contributed by atoms with Gasteiger partial charge in [-0.3, -0.25) is 29.6 Å². The molecule has 2 aliphatic rings. The Bertz CT molecular complexity index is 466. The van der Waals surface area contributed by atoms with E-state index in [2.05, 4.69) is 0 Å². The van der Waals surface area contributed by atoms with Gasteiger partial charge < -0.3 is 0 Å². The molecule has 2 amide bonds. The molecule has 2 atom stereocenters. The van der Waals surface area contributed by atoms with Gasteiger partial charge in [0, 0.05) is 25.9 Å². The van der Waals surface area contributed by atoms with Crippen LogP contribution in [-0.4, -0.2) is 69.0 Å². The molecule has 0 spiro atoms. The summed E-state index contributed by atoms with van der Waals surface area (Å²) >= 11 is 10.5. The van der Waals surface area contributed by atoms with Gasteiger partial charge in [0.05, 0.1) is 13.1 Å². The highest BCUT2D eigenvalue weighted by Crippen LogP contribution is 2.21. The Morgan fingerprint density at radius 2 is 1.29 bits per heavy atom. The van der Waals surface area contributed by atoms with E-state index < -0.39 is 0 Å². The van der Waals surface area contributed by atoms with Crippen molar-refractivity contribution < 1.29 is 9.59 Å². The van der Waals surface area contributed by atoms with Gasteiger partial charge in [0.2, 0.25) is 0 Å². The first kappa shape index (κ1) is 16.1. The van der Waals surface area contributed by atoms with Crippen molar-refractivity contribution in [2.75, 3.05) is 27.2 Å². The summed E-state index contributed by atoms with van der Waals surface area (Å²) in [5.41, 5.74) is 0. The molecular formula is C13H20N4O2S2. The number of amides is 2. The minimum atomic E-state index is -0.229. The summed E-state index contributed by atoms with van der Waals surface area (Å²) in [7, 11) is 3.51. The van der Waals surface area contributed by atoms with Gasteiger partial charge in [-0.05, 0) is 0 Å². The van der Waals surface area contributed by atoms with Crippen molar-refractivity contribution in [3.05, 3.63) is 0 Å². The van der Waals surface area contributed by atoms with E-state index >= 15 is 0 Å². The lowest BCUT2D eigenvalue weighted by atomic mass is 10.2. The van der Waals surface area contributed by atoms with Crippen molar-refractivity contribution in [3.8, 4) is 0 Å². The van der Waals surface area contributed by atoms with E-state index in [9.17, 15) is 9.59 Å². The van der Waals surface area contributed by atoms with Crippen LogP contribution in [0.2, 0.25) is 0 Å². The third kappa shape index (κ3) is 2.87. The highest BCUT2D eigenvalue weighted by atomic mass is 32.1. The number of nitrogens with zero attached hydrogens (tertiary/aromatic N) is 4. The van der Waals surface area contributed by atoms with Crippen molar-refractivity contribution in [1.29, 1.82) is 0 Å². The second-order valence-corrected chi connectivity index (χ2v) is 6.49.